The van der Waals surface area contributed by atoms with E-state index in [0.29, 0.717) is 32.5 Å². The molecule has 1 heterocycles. The van der Waals surface area contributed by atoms with Crippen molar-refractivity contribution in [1.82, 2.24) is 9.80 Å². The molecule has 0 spiro atoms. The van der Waals surface area contributed by atoms with Gasteiger partial charge in [-0.1, -0.05) is 30.3 Å². The zero-order valence-corrected chi connectivity index (χ0v) is 14.4. The number of hydrogen-bond donors (Lipinski definition) is 1. The van der Waals surface area contributed by atoms with Crippen LogP contribution in [-0.4, -0.2) is 58.7 Å². The summed E-state index contributed by atoms with van der Waals surface area (Å²) in [7, 11) is 0. The Labute approximate surface area is 143 Å². The second kappa shape index (κ2) is 8.68. The van der Waals surface area contributed by atoms with Crippen LogP contribution in [0.4, 0.5) is 4.79 Å². The lowest BCUT2D eigenvalue weighted by Crippen LogP contribution is -2.49. The summed E-state index contributed by atoms with van der Waals surface area (Å²) in [5.41, 5.74) is 0.946. The molecule has 0 unspecified atom stereocenters. The second-order valence-electron chi connectivity index (χ2n) is 5.96. The van der Waals surface area contributed by atoms with Gasteiger partial charge in [0.05, 0.1) is 12.6 Å². The van der Waals surface area contributed by atoms with Gasteiger partial charge in [0, 0.05) is 19.6 Å². The van der Waals surface area contributed by atoms with Crippen LogP contribution in [0.1, 0.15) is 32.3 Å². The third-order valence-electron chi connectivity index (χ3n) is 4.48. The van der Waals surface area contributed by atoms with Gasteiger partial charge in [0.25, 0.3) is 5.91 Å². The first kappa shape index (κ1) is 18.3. The number of likely N-dealkylation sites (N-methyl/N-ethyl adjacent to an activating group) is 1. The molecule has 6 nitrogen and oxygen atoms in total. The molecule has 1 aliphatic heterocycles. The first-order chi connectivity index (χ1) is 11.6. The van der Waals surface area contributed by atoms with E-state index in [1.807, 2.05) is 44.2 Å². The van der Waals surface area contributed by atoms with E-state index in [1.54, 1.807) is 4.90 Å². The fourth-order valence-corrected chi connectivity index (χ4v) is 3.05. The molecule has 2 amide bonds. The Morgan fingerprint density at radius 1 is 1.17 bits per heavy atom. The molecule has 1 aromatic carbocycles. The number of carbonyl (C=O) groups is 2. The van der Waals surface area contributed by atoms with Crippen LogP contribution < -0.4 is 0 Å². The molecule has 1 fully saturated rings. The molecule has 2 atom stereocenters. The first-order valence-corrected chi connectivity index (χ1v) is 8.50. The summed E-state index contributed by atoms with van der Waals surface area (Å²) in [5, 5.41) is 9.52. The number of carboxylic acid groups (broad SMARTS) is 1. The van der Waals surface area contributed by atoms with Gasteiger partial charge in [0.2, 0.25) is 0 Å². The summed E-state index contributed by atoms with van der Waals surface area (Å²) in [6.45, 7) is 5.80. The third-order valence-corrected chi connectivity index (χ3v) is 4.48. The van der Waals surface area contributed by atoms with Crippen LogP contribution in [0.3, 0.4) is 0 Å². The topological polar surface area (TPSA) is 70.1 Å². The van der Waals surface area contributed by atoms with Gasteiger partial charge in [-0.3, -0.25) is 9.69 Å². The van der Waals surface area contributed by atoms with E-state index in [9.17, 15) is 14.7 Å². The van der Waals surface area contributed by atoms with Crippen molar-refractivity contribution in [2.45, 2.75) is 45.4 Å². The summed E-state index contributed by atoms with van der Waals surface area (Å²) in [5.74, 6) is 0.00313. The molecule has 132 valence electrons. The van der Waals surface area contributed by atoms with Crippen LogP contribution in [0.15, 0.2) is 30.3 Å². The van der Waals surface area contributed by atoms with Gasteiger partial charge >= 0.3 is 6.09 Å². The number of nitrogens with zero attached hydrogens (tertiary/aromatic N) is 2. The van der Waals surface area contributed by atoms with Crippen molar-refractivity contribution < 1.29 is 19.4 Å². The van der Waals surface area contributed by atoms with Crippen LogP contribution in [-0.2, 0) is 16.1 Å². The monoisotopic (exact) mass is 334 g/mol. The molecule has 0 radical (unpaired) electrons. The molecular weight excluding hydrogens is 308 g/mol. The molecule has 0 aliphatic carbocycles. The minimum absolute atomic E-state index is 0.00313. The quantitative estimate of drug-likeness (QED) is 0.868. The molecule has 1 saturated heterocycles. The summed E-state index contributed by atoms with van der Waals surface area (Å²) in [6.07, 6.45) is -0.218. The zero-order chi connectivity index (χ0) is 17.5. The molecular formula is C18H26N2O4. The van der Waals surface area contributed by atoms with Gasteiger partial charge in [0.15, 0.2) is 0 Å². The van der Waals surface area contributed by atoms with Crippen LogP contribution in [0.2, 0.25) is 0 Å². The normalized spacial score (nSPS) is 20.4. The fraction of sp³-hybridized carbons (Fsp3) is 0.556. The van der Waals surface area contributed by atoms with Gasteiger partial charge in [0.1, 0.15) is 6.10 Å². The average Bonchev–Trinajstić information content (AvgIpc) is 2.61. The Kier molecular flexibility index (Phi) is 6.61. The molecule has 1 aromatic rings. The van der Waals surface area contributed by atoms with E-state index in [2.05, 4.69) is 0 Å². The fourth-order valence-electron chi connectivity index (χ4n) is 3.05. The molecule has 2 rings (SSSR count). The Bertz CT molecular complexity index is 537. The Hall–Kier alpha value is -2.08. The highest BCUT2D eigenvalue weighted by molar-refractivity contribution is 5.81. The van der Waals surface area contributed by atoms with E-state index in [-0.39, 0.29) is 18.6 Å². The van der Waals surface area contributed by atoms with Gasteiger partial charge < -0.3 is 14.7 Å². The minimum atomic E-state index is -0.957. The first-order valence-electron chi connectivity index (χ1n) is 8.50. The number of amides is 2. The molecule has 0 bridgehead atoms. The molecule has 1 N–H and O–H groups in total. The molecule has 0 aromatic heterocycles. The lowest BCUT2D eigenvalue weighted by molar-refractivity contribution is -0.148. The Balaban J connectivity index is 1.95. The Morgan fingerprint density at radius 2 is 1.83 bits per heavy atom. The molecule has 6 heteroatoms. The summed E-state index contributed by atoms with van der Waals surface area (Å²) in [6, 6.07) is 9.29. The van der Waals surface area contributed by atoms with Crippen molar-refractivity contribution in [2.24, 2.45) is 0 Å². The van der Waals surface area contributed by atoms with Gasteiger partial charge in [-0.05, 0) is 32.3 Å². The van der Waals surface area contributed by atoms with Crippen molar-refractivity contribution in [2.75, 3.05) is 19.7 Å². The largest absolute Gasteiger partial charge is 0.465 e. The predicted octanol–water partition coefficient (Wildman–Crippen LogP) is 2.58. The standard InChI is InChI=1S/C18H26N2O4/c1-3-19(4-2)17(21)16-11-10-15(13-24-16)20(18(22)23)12-14-8-6-5-7-9-14/h5-9,15-16H,3-4,10-13H2,1-2H3,(H,22,23)/t15-,16+/m1/s1. The van der Waals surface area contributed by atoms with E-state index >= 15 is 0 Å². The molecule has 24 heavy (non-hydrogen) atoms. The molecule has 1 aliphatic rings. The van der Waals surface area contributed by atoms with Gasteiger partial charge in [-0.2, -0.15) is 0 Å². The molecule has 0 saturated carbocycles. The smallest absolute Gasteiger partial charge is 0.407 e. The van der Waals surface area contributed by atoms with Crippen LogP contribution in [0.5, 0.6) is 0 Å². The number of ether oxygens (including phenoxy) is 1. The van der Waals surface area contributed by atoms with Crippen LogP contribution in [0, 0.1) is 0 Å². The summed E-state index contributed by atoms with van der Waals surface area (Å²) >= 11 is 0. The van der Waals surface area contributed by atoms with Crippen LogP contribution in [0.25, 0.3) is 0 Å². The van der Waals surface area contributed by atoms with E-state index < -0.39 is 12.2 Å². The maximum absolute atomic E-state index is 12.3. The van der Waals surface area contributed by atoms with E-state index in [0.717, 1.165) is 5.56 Å². The minimum Gasteiger partial charge on any atom is -0.465 e. The van der Waals surface area contributed by atoms with Gasteiger partial charge in [-0.25, -0.2) is 4.79 Å². The van der Waals surface area contributed by atoms with Crippen molar-refractivity contribution >= 4 is 12.0 Å². The number of benzene rings is 1. The maximum atomic E-state index is 12.3. The van der Waals surface area contributed by atoms with Gasteiger partial charge in [-0.15, -0.1) is 0 Å². The second-order valence-corrected chi connectivity index (χ2v) is 5.96. The maximum Gasteiger partial charge on any atom is 0.407 e. The van der Waals surface area contributed by atoms with E-state index in [4.69, 9.17) is 4.74 Å². The third kappa shape index (κ3) is 4.47. The number of hydrogen-bond acceptors (Lipinski definition) is 3. The zero-order valence-electron chi connectivity index (χ0n) is 14.4. The Morgan fingerprint density at radius 3 is 2.33 bits per heavy atom. The van der Waals surface area contributed by atoms with Crippen molar-refractivity contribution in [3.8, 4) is 0 Å². The average molecular weight is 334 g/mol. The number of carbonyl (C=O) groups excluding carboxylic acids is 1. The SMILES string of the molecule is CCN(CC)C(=O)[C@@H]1CC[C@@H](N(Cc2ccccc2)C(=O)O)CO1. The highest BCUT2D eigenvalue weighted by atomic mass is 16.5. The van der Waals surface area contributed by atoms with Crippen LogP contribution >= 0.6 is 0 Å². The van der Waals surface area contributed by atoms with Crippen molar-refractivity contribution in [3.05, 3.63) is 35.9 Å². The van der Waals surface area contributed by atoms with E-state index in [1.165, 1.54) is 4.90 Å². The lowest BCUT2D eigenvalue weighted by Gasteiger charge is -2.36. The summed E-state index contributed by atoms with van der Waals surface area (Å²) < 4.78 is 5.71. The lowest BCUT2D eigenvalue weighted by atomic mass is 10.0. The summed E-state index contributed by atoms with van der Waals surface area (Å²) in [4.78, 5) is 27.1. The van der Waals surface area contributed by atoms with Crippen molar-refractivity contribution in [3.63, 3.8) is 0 Å². The number of rotatable bonds is 6. The highest BCUT2D eigenvalue weighted by Crippen LogP contribution is 2.22. The predicted molar refractivity (Wildman–Crippen MR) is 90.7 cm³/mol. The highest BCUT2D eigenvalue weighted by Gasteiger charge is 2.33. The van der Waals surface area contributed by atoms with Crippen molar-refractivity contribution in [1.29, 1.82) is 0 Å².